The summed E-state index contributed by atoms with van der Waals surface area (Å²) >= 11 is 0. The Balaban J connectivity index is 2.85. The average Bonchev–Trinajstić information content (AvgIpc) is 2.20. The number of hydrogen-bond donors (Lipinski definition) is 0. The lowest BCUT2D eigenvalue weighted by atomic mass is 9.93. The van der Waals surface area contributed by atoms with E-state index < -0.39 is 0 Å². The highest BCUT2D eigenvalue weighted by Gasteiger charge is 2.05. The first kappa shape index (κ1) is 11.3. The van der Waals surface area contributed by atoms with Crippen LogP contribution in [-0.2, 0) is 12.8 Å². The van der Waals surface area contributed by atoms with Gasteiger partial charge in [0.1, 0.15) is 0 Å². The summed E-state index contributed by atoms with van der Waals surface area (Å²) in [7, 11) is 0. The Kier molecular flexibility index (Phi) is 4.19. The zero-order valence-corrected chi connectivity index (χ0v) is 9.93. The molecule has 0 heteroatoms. The van der Waals surface area contributed by atoms with Gasteiger partial charge in [0.05, 0.1) is 0 Å². The van der Waals surface area contributed by atoms with Gasteiger partial charge in [-0.3, -0.25) is 0 Å². The van der Waals surface area contributed by atoms with Gasteiger partial charge in [-0.1, -0.05) is 51.0 Å². The van der Waals surface area contributed by atoms with Crippen LogP contribution in [0.25, 0.3) is 0 Å². The number of rotatable bonds is 4. The largest absolute Gasteiger partial charge is 0.0651 e. The van der Waals surface area contributed by atoms with Crippen LogP contribution in [0, 0.1) is 12.8 Å². The molecule has 0 nitrogen and oxygen atoms in total. The Morgan fingerprint density at radius 2 is 1.86 bits per heavy atom. The molecule has 0 saturated heterocycles. The van der Waals surface area contributed by atoms with Crippen molar-refractivity contribution in [3.05, 3.63) is 34.9 Å². The second-order valence-electron chi connectivity index (χ2n) is 4.34. The summed E-state index contributed by atoms with van der Waals surface area (Å²) in [5.41, 5.74) is 4.47. The van der Waals surface area contributed by atoms with E-state index in [1.54, 1.807) is 5.56 Å². The lowest BCUT2D eigenvalue weighted by Gasteiger charge is -2.13. The van der Waals surface area contributed by atoms with E-state index in [1.807, 2.05) is 0 Å². The fourth-order valence-corrected chi connectivity index (χ4v) is 1.80. The van der Waals surface area contributed by atoms with E-state index in [-0.39, 0.29) is 0 Å². The maximum Gasteiger partial charge on any atom is -0.0250 e. The minimum absolute atomic E-state index is 0.808. The van der Waals surface area contributed by atoms with E-state index in [0.29, 0.717) is 0 Å². The molecule has 78 valence electrons. The summed E-state index contributed by atoms with van der Waals surface area (Å²) < 4.78 is 0. The van der Waals surface area contributed by atoms with Crippen LogP contribution in [0.4, 0.5) is 0 Å². The van der Waals surface area contributed by atoms with Gasteiger partial charge in [-0.25, -0.2) is 0 Å². The van der Waals surface area contributed by atoms with Crippen LogP contribution in [0.1, 0.15) is 43.9 Å². The summed E-state index contributed by atoms with van der Waals surface area (Å²) in [5, 5.41) is 0. The summed E-state index contributed by atoms with van der Waals surface area (Å²) in [5.74, 6) is 0.808. The van der Waals surface area contributed by atoms with Gasteiger partial charge in [0.2, 0.25) is 0 Å². The molecule has 0 heterocycles. The van der Waals surface area contributed by atoms with E-state index in [1.165, 1.54) is 24.0 Å². The van der Waals surface area contributed by atoms with Crippen molar-refractivity contribution in [2.24, 2.45) is 5.92 Å². The van der Waals surface area contributed by atoms with Gasteiger partial charge >= 0.3 is 0 Å². The van der Waals surface area contributed by atoms with Crippen LogP contribution in [0.5, 0.6) is 0 Å². The molecule has 1 unspecified atom stereocenters. The Morgan fingerprint density at radius 1 is 1.14 bits per heavy atom. The van der Waals surface area contributed by atoms with Gasteiger partial charge < -0.3 is 0 Å². The standard InChI is InChI=1S/C14H22/c1-5-11(3)9-14-8-7-12(4)10-13(14)6-2/h7-8,10-11H,5-6,9H2,1-4H3. The first-order valence-electron chi connectivity index (χ1n) is 5.75. The summed E-state index contributed by atoms with van der Waals surface area (Å²) in [6.45, 7) is 9.02. The molecule has 0 aliphatic heterocycles. The van der Waals surface area contributed by atoms with Crippen molar-refractivity contribution in [2.75, 3.05) is 0 Å². The van der Waals surface area contributed by atoms with Gasteiger partial charge in [0.25, 0.3) is 0 Å². The number of aryl methyl sites for hydroxylation is 2. The predicted molar refractivity (Wildman–Crippen MR) is 63.7 cm³/mol. The van der Waals surface area contributed by atoms with Crippen molar-refractivity contribution >= 4 is 0 Å². The molecular formula is C14H22. The molecule has 0 radical (unpaired) electrons. The fourth-order valence-electron chi connectivity index (χ4n) is 1.80. The fraction of sp³-hybridized carbons (Fsp3) is 0.571. The highest BCUT2D eigenvalue weighted by Crippen LogP contribution is 2.18. The molecule has 0 saturated carbocycles. The molecule has 1 aromatic rings. The Morgan fingerprint density at radius 3 is 2.43 bits per heavy atom. The molecule has 1 rings (SSSR count). The van der Waals surface area contributed by atoms with Crippen molar-refractivity contribution in [1.82, 2.24) is 0 Å². The highest BCUT2D eigenvalue weighted by atomic mass is 14.1. The van der Waals surface area contributed by atoms with E-state index in [9.17, 15) is 0 Å². The lowest BCUT2D eigenvalue weighted by molar-refractivity contribution is 0.558. The minimum atomic E-state index is 0.808. The van der Waals surface area contributed by atoms with Crippen LogP contribution in [-0.4, -0.2) is 0 Å². The monoisotopic (exact) mass is 190 g/mol. The summed E-state index contributed by atoms with van der Waals surface area (Å²) in [6.07, 6.45) is 3.67. The van der Waals surface area contributed by atoms with E-state index in [2.05, 4.69) is 45.9 Å². The molecule has 1 aromatic carbocycles. The Labute approximate surface area is 88.4 Å². The predicted octanol–water partition coefficient (Wildman–Crippen LogP) is 4.15. The van der Waals surface area contributed by atoms with E-state index in [0.717, 1.165) is 12.3 Å². The van der Waals surface area contributed by atoms with Crippen molar-refractivity contribution in [3.8, 4) is 0 Å². The highest BCUT2D eigenvalue weighted by molar-refractivity contribution is 5.31. The van der Waals surface area contributed by atoms with Crippen molar-refractivity contribution < 1.29 is 0 Å². The maximum atomic E-state index is 2.33. The quantitative estimate of drug-likeness (QED) is 0.669. The Bertz CT molecular complexity index is 286. The van der Waals surface area contributed by atoms with Crippen LogP contribution < -0.4 is 0 Å². The average molecular weight is 190 g/mol. The topological polar surface area (TPSA) is 0 Å². The van der Waals surface area contributed by atoms with Gasteiger partial charge in [-0.05, 0) is 36.8 Å². The molecule has 0 amide bonds. The first-order chi connectivity index (χ1) is 6.67. The third kappa shape index (κ3) is 2.87. The molecule has 0 N–H and O–H groups in total. The molecule has 0 aromatic heterocycles. The molecule has 0 aliphatic carbocycles. The Hall–Kier alpha value is -0.780. The molecular weight excluding hydrogens is 168 g/mol. The smallest absolute Gasteiger partial charge is 0.0250 e. The summed E-state index contributed by atoms with van der Waals surface area (Å²) in [6, 6.07) is 6.87. The maximum absolute atomic E-state index is 2.33. The molecule has 0 bridgehead atoms. The van der Waals surface area contributed by atoms with Gasteiger partial charge in [-0.15, -0.1) is 0 Å². The lowest BCUT2D eigenvalue weighted by Crippen LogP contribution is -2.01. The first-order valence-corrected chi connectivity index (χ1v) is 5.75. The zero-order valence-electron chi connectivity index (χ0n) is 9.93. The molecule has 1 atom stereocenters. The van der Waals surface area contributed by atoms with Crippen LogP contribution in [0.3, 0.4) is 0 Å². The van der Waals surface area contributed by atoms with E-state index >= 15 is 0 Å². The number of hydrogen-bond acceptors (Lipinski definition) is 0. The van der Waals surface area contributed by atoms with E-state index in [4.69, 9.17) is 0 Å². The zero-order chi connectivity index (χ0) is 10.6. The molecule has 0 aliphatic rings. The number of benzene rings is 1. The normalized spacial score (nSPS) is 12.9. The second-order valence-corrected chi connectivity index (χ2v) is 4.34. The van der Waals surface area contributed by atoms with Crippen molar-refractivity contribution in [3.63, 3.8) is 0 Å². The van der Waals surface area contributed by atoms with Crippen LogP contribution >= 0.6 is 0 Å². The van der Waals surface area contributed by atoms with Crippen molar-refractivity contribution in [1.29, 1.82) is 0 Å². The second kappa shape index (κ2) is 5.19. The third-order valence-corrected chi connectivity index (χ3v) is 3.01. The van der Waals surface area contributed by atoms with Crippen LogP contribution in [0.15, 0.2) is 18.2 Å². The van der Waals surface area contributed by atoms with Crippen LogP contribution in [0.2, 0.25) is 0 Å². The van der Waals surface area contributed by atoms with Gasteiger partial charge in [-0.2, -0.15) is 0 Å². The molecule has 0 spiro atoms. The summed E-state index contributed by atoms with van der Waals surface area (Å²) in [4.78, 5) is 0. The third-order valence-electron chi connectivity index (χ3n) is 3.01. The SMILES string of the molecule is CCc1cc(C)ccc1CC(C)CC. The minimum Gasteiger partial charge on any atom is -0.0651 e. The molecule has 0 fully saturated rings. The van der Waals surface area contributed by atoms with Gasteiger partial charge in [0.15, 0.2) is 0 Å². The van der Waals surface area contributed by atoms with Crippen molar-refractivity contribution in [2.45, 2.75) is 47.0 Å². The van der Waals surface area contributed by atoms with Gasteiger partial charge in [0, 0.05) is 0 Å². The molecule has 14 heavy (non-hydrogen) atoms.